The molecule has 0 spiro atoms. The van der Waals surface area contributed by atoms with Crippen LogP contribution in [0.3, 0.4) is 0 Å². The number of nitrogens with zero attached hydrogens (tertiary/aromatic N) is 4. The van der Waals surface area contributed by atoms with Crippen LogP contribution in [0.2, 0.25) is 0 Å². The molecule has 0 atom stereocenters. The molecule has 1 aromatic carbocycles. The van der Waals surface area contributed by atoms with Crippen LogP contribution in [0.1, 0.15) is 5.82 Å². The van der Waals surface area contributed by atoms with Crippen LogP contribution < -0.4 is 5.32 Å². The van der Waals surface area contributed by atoms with Crippen LogP contribution in [0.25, 0.3) is 0 Å². The molecule has 6 nitrogen and oxygen atoms in total. The van der Waals surface area contributed by atoms with Crippen LogP contribution in [0.4, 0.5) is 10.8 Å². The number of hydrogen-bond donors (Lipinski definition) is 1. The molecule has 0 saturated heterocycles. The number of nitrogens with one attached hydrogen (secondary N) is 1. The molecule has 9 heteroatoms. The van der Waals surface area contributed by atoms with Crippen molar-refractivity contribution in [3.63, 3.8) is 0 Å². The van der Waals surface area contributed by atoms with Crippen molar-refractivity contribution in [1.29, 1.82) is 0 Å². The summed E-state index contributed by atoms with van der Waals surface area (Å²) >= 11 is 4.35. The Labute approximate surface area is 140 Å². The van der Waals surface area contributed by atoms with Gasteiger partial charge in [0.2, 0.25) is 5.13 Å². The van der Waals surface area contributed by atoms with Gasteiger partial charge in [-0.2, -0.15) is 4.37 Å². The molecule has 114 valence electrons. The van der Waals surface area contributed by atoms with Gasteiger partial charge in [0.15, 0.2) is 8.68 Å². The Bertz CT molecular complexity index is 715. The Balaban J connectivity index is 1.60. The Morgan fingerprint density at radius 3 is 2.86 bits per heavy atom. The summed E-state index contributed by atoms with van der Waals surface area (Å²) in [5, 5.41) is 12.3. The number of benzene rings is 1. The minimum atomic E-state index is 0.630. The lowest BCUT2D eigenvalue weighted by molar-refractivity contribution is 0.200. The number of anilines is 2. The van der Waals surface area contributed by atoms with Gasteiger partial charge in [-0.3, -0.25) is 0 Å². The van der Waals surface area contributed by atoms with Gasteiger partial charge in [0.25, 0.3) is 0 Å². The van der Waals surface area contributed by atoms with E-state index >= 15 is 0 Å². The van der Waals surface area contributed by atoms with Gasteiger partial charge in [-0.1, -0.05) is 29.5 Å². The summed E-state index contributed by atoms with van der Waals surface area (Å²) < 4.78 is 11.0. The summed E-state index contributed by atoms with van der Waals surface area (Å²) in [6, 6.07) is 9.90. The molecular weight excluding hydrogens is 338 g/mol. The van der Waals surface area contributed by atoms with Crippen molar-refractivity contribution in [2.24, 2.45) is 0 Å². The van der Waals surface area contributed by atoms with Crippen LogP contribution in [0.5, 0.6) is 0 Å². The fourth-order valence-corrected chi connectivity index (χ4v) is 4.23. The third kappa shape index (κ3) is 4.23. The highest BCUT2D eigenvalue weighted by Crippen LogP contribution is 2.33. The number of methoxy groups -OCH3 is 1. The first-order valence-corrected chi connectivity index (χ1v) is 8.89. The largest absolute Gasteiger partial charge is 0.384 e. The second-order valence-corrected chi connectivity index (χ2v) is 7.41. The summed E-state index contributed by atoms with van der Waals surface area (Å²) in [6.45, 7) is 0.630. The lowest BCUT2D eigenvalue weighted by Gasteiger charge is -1.99. The smallest absolute Gasteiger partial charge is 0.210 e. The minimum absolute atomic E-state index is 0.630. The van der Waals surface area contributed by atoms with E-state index in [1.165, 1.54) is 34.6 Å². The average molecular weight is 351 g/mol. The fourth-order valence-electron chi connectivity index (χ4n) is 1.60. The number of aromatic nitrogens is 4. The Morgan fingerprint density at radius 1 is 1.18 bits per heavy atom. The van der Waals surface area contributed by atoms with Gasteiger partial charge in [-0.25, -0.2) is 4.98 Å². The molecule has 0 unspecified atom stereocenters. The fraction of sp³-hybridized carbons (Fsp3) is 0.231. The van der Waals surface area contributed by atoms with Crippen molar-refractivity contribution >= 4 is 45.5 Å². The Morgan fingerprint density at radius 2 is 2.05 bits per heavy atom. The maximum absolute atomic E-state index is 5.02. The van der Waals surface area contributed by atoms with E-state index in [2.05, 4.69) is 24.9 Å². The van der Waals surface area contributed by atoms with E-state index < -0.39 is 0 Å². The van der Waals surface area contributed by atoms with Crippen LogP contribution in [-0.4, -0.2) is 33.3 Å². The topological polar surface area (TPSA) is 72.8 Å². The monoisotopic (exact) mass is 351 g/mol. The number of rotatable bonds is 7. The van der Waals surface area contributed by atoms with Gasteiger partial charge in [0.05, 0.1) is 6.61 Å². The molecule has 0 bridgehead atoms. The molecular formula is C13H13N5OS3. The summed E-state index contributed by atoms with van der Waals surface area (Å²) in [5.74, 6) is 0.807. The highest BCUT2D eigenvalue weighted by Gasteiger charge is 2.10. The number of para-hydroxylation sites is 1. The first-order valence-electron chi connectivity index (χ1n) is 6.48. The van der Waals surface area contributed by atoms with E-state index in [9.17, 15) is 0 Å². The van der Waals surface area contributed by atoms with Crippen LogP contribution in [-0.2, 0) is 11.2 Å². The van der Waals surface area contributed by atoms with Crippen molar-refractivity contribution in [1.82, 2.24) is 19.6 Å². The van der Waals surface area contributed by atoms with E-state index in [-0.39, 0.29) is 0 Å². The highest BCUT2D eigenvalue weighted by atomic mass is 32.2. The lowest BCUT2D eigenvalue weighted by Crippen LogP contribution is -1.95. The zero-order valence-corrected chi connectivity index (χ0v) is 14.2. The Kier molecular flexibility index (Phi) is 5.33. The average Bonchev–Trinajstić information content (AvgIpc) is 3.16. The van der Waals surface area contributed by atoms with E-state index in [0.717, 1.165) is 31.7 Å². The molecule has 3 rings (SSSR count). The number of ether oxygens (including phenoxy) is 1. The molecule has 3 aromatic rings. The molecule has 0 aliphatic heterocycles. The SMILES string of the molecule is COCCc1nsc(Sc2nnc(Nc3ccccc3)s2)n1. The molecule has 0 saturated carbocycles. The summed E-state index contributed by atoms with van der Waals surface area (Å²) in [5.41, 5.74) is 0.993. The van der Waals surface area contributed by atoms with Gasteiger partial charge in [-0.15, -0.1) is 10.2 Å². The molecule has 0 fully saturated rings. The number of hydrogen-bond acceptors (Lipinski definition) is 9. The summed E-state index contributed by atoms with van der Waals surface area (Å²) in [4.78, 5) is 4.45. The maximum atomic E-state index is 5.02. The lowest BCUT2D eigenvalue weighted by atomic mass is 10.3. The second-order valence-electron chi connectivity index (χ2n) is 4.19. The maximum Gasteiger partial charge on any atom is 0.210 e. The van der Waals surface area contributed by atoms with E-state index in [0.29, 0.717) is 6.61 Å². The van der Waals surface area contributed by atoms with Gasteiger partial charge in [-0.05, 0) is 35.4 Å². The standard InChI is InChI=1S/C13H13N5OS3/c1-19-8-7-10-15-12(22-18-10)21-13-17-16-11(20-13)14-9-5-3-2-4-6-9/h2-6H,7-8H2,1H3,(H,14,16). The first-order chi connectivity index (χ1) is 10.8. The van der Waals surface area contributed by atoms with Gasteiger partial charge < -0.3 is 10.1 Å². The molecule has 2 aromatic heterocycles. The van der Waals surface area contributed by atoms with E-state index in [1.54, 1.807) is 7.11 Å². The summed E-state index contributed by atoms with van der Waals surface area (Å²) in [7, 11) is 1.67. The van der Waals surface area contributed by atoms with Crippen molar-refractivity contribution < 1.29 is 4.74 Å². The highest BCUT2D eigenvalue weighted by molar-refractivity contribution is 8.02. The normalized spacial score (nSPS) is 10.8. The van der Waals surface area contributed by atoms with Crippen molar-refractivity contribution in [3.05, 3.63) is 36.2 Å². The predicted octanol–water partition coefficient (Wildman–Crippen LogP) is 3.47. The molecule has 0 amide bonds. The predicted molar refractivity (Wildman–Crippen MR) is 89.2 cm³/mol. The second kappa shape index (κ2) is 7.63. The van der Waals surface area contributed by atoms with Gasteiger partial charge >= 0.3 is 0 Å². The molecule has 0 aliphatic carbocycles. The van der Waals surface area contributed by atoms with Gasteiger partial charge in [0, 0.05) is 19.2 Å². The van der Waals surface area contributed by atoms with Crippen LogP contribution in [0, 0.1) is 0 Å². The minimum Gasteiger partial charge on any atom is -0.384 e. The van der Waals surface area contributed by atoms with Crippen molar-refractivity contribution in [2.75, 3.05) is 19.0 Å². The molecule has 0 radical (unpaired) electrons. The van der Waals surface area contributed by atoms with Gasteiger partial charge in [0.1, 0.15) is 5.82 Å². The van der Waals surface area contributed by atoms with E-state index in [4.69, 9.17) is 4.74 Å². The third-order valence-electron chi connectivity index (χ3n) is 2.59. The third-order valence-corrected chi connectivity index (χ3v) is 5.26. The zero-order valence-electron chi connectivity index (χ0n) is 11.7. The first kappa shape index (κ1) is 15.3. The van der Waals surface area contributed by atoms with Crippen molar-refractivity contribution in [3.8, 4) is 0 Å². The van der Waals surface area contributed by atoms with Crippen LogP contribution >= 0.6 is 34.6 Å². The molecule has 22 heavy (non-hydrogen) atoms. The van der Waals surface area contributed by atoms with Crippen molar-refractivity contribution in [2.45, 2.75) is 15.1 Å². The quantitative estimate of drug-likeness (QED) is 0.698. The zero-order chi connectivity index (χ0) is 15.2. The van der Waals surface area contributed by atoms with E-state index in [1.807, 2.05) is 30.3 Å². The Hall–Kier alpha value is -1.55. The molecule has 2 heterocycles. The molecule has 0 aliphatic rings. The van der Waals surface area contributed by atoms with Crippen LogP contribution in [0.15, 0.2) is 39.0 Å². The molecule has 1 N–H and O–H groups in total. The summed E-state index contributed by atoms with van der Waals surface area (Å²) in [6.07, 6.45) is 0.727.